The summed E-state index contributed by atoms with van der Waals surface area (Å²) in [5.41, 5.74) is 3.76. The summed E-state index contributed by atoms with van der Waals surface area (Å²) in [5, 5.41) is 17.3. The minimum atomic E-state index is -1.02. The molecule has 3 saturated heterocycles. The van der Waals surface area contributed by atoms with Crippen LogP contribution in [0.25, 0.3) is 16.9 Å². The summed E-state index contributed by atoms with van der Waals surface area (Å²) in [5.74, 6) is -1.08. The molecule has 1 saturated carbocycles. The first kappa shape index (κ1) is 33.5. The van der Waals surface area contributed by atoms with Crippen LogP contribution in [-0.4, -0.2) is 126 Å². The molecular formula is C35H40FN11O5. The van der Waals surface area contributed by atoms with E-state index in [4.69, 9.17) is 0 Å². The Bertz CT molecular complexity index is 2030. The van der Waals surface area contributed by atoms with Crippen molar-refractivity contribution in [3.05, 3.63) is 54.2 Å². The van der Waals surface area contributed by atoms with Gasteiger partial charge in [0.05, 0.1) is 47.9 Å². The summed E-state index contributed by atoms with van der Waals surface area (Å²) in [4.78, 5) is 72.4. The minimum Gasteiger partial charge on any atom is -0.385 e. The van der Waals surface area contributed by atoms with E-state index in [-0.39, 0.29) is 48.1 Å². The molecule has 3 aromatic rings. The number of likely N-dealkylation sites (tertiary alicyclic amines) is 1. The maximum absolute atomic E-state index is 13.4. The molecule has 16 nitrogen and oxygen atoms in total. The number of rotatable bonds is 11. The van der Waals surface area contributed by atoms with Crippen molar-refractivity contribution in [2.75, 3.05) is 32.5 Å². The monoisotopic (exact) mass is 713 g/mol. The number of aromatic nitrogens is 5. The van der Waals surface area contributed by atoms with Crippen LogP contribution >= 0.6 is 0 Å². The van der Waals surface area contributed by atoms with Crippen LogP contribution in [0.2, 0.25) is 0 Å². The number of nitrogens with zero attached hydrogens (tertiary/aromatic N) is 8. The predicted octanol–water partition coefficient (Wildman–Crippen LogP) is 1.82. The molecule has 0 bridgehead atoms. The lowest BCUT2D eigenvalue weighted by Gasteiger charge is -2.39. The molecule has 5 aliphatic rings. The number of alkyl halides is 1. The van der Waals surface area contributed by atoms with Crippen LogP contribution in [0.1, 0.15) is 61.5 Å². The van der Waals surface area contributed by atoms with Crippen molar-refractivity contribution in [2.45, 2.75) is 81.3 Å². The summed E-state index contributed by atoms with van der Waals surface area (Å²) in [6.45, 7) is 1.11. The number of imide groups is 1. The van der Waals surface area contributed by atoms with E-state index in [1.807, 2.05) is 34.0 Å². The lowest BCUT2D eigenvalue weighted by Crippen LogP contribution is -2.55. The number of nitrogens with one attached hydrogen (secondary N) is 3. The number of allylic oxidation sites excluding steroid dienone is 2. The van der Waals surface area contributed by atoms with Gasteiger partial charge >= 0.3 is 6.03 Å². The molecule has 4 fully saturated rings. The fourth-order valence-electron chi connectivity index (χ4n) is 7.46. The van der Waals surface area contributed by atoms with Crippen molar-refractivity contribution in [1.82, 2.24) is 49.7 Å². The van der Waals surface area contributed by atoms with Crippen molar-refractivity contribution < 1.29 is 28.4 Å². The van der Waals surface area contributed by atoms with Gasteiger partial charge < -0.3 is 25.3 Å². The van der Waals surface area contributed by atoms with Crippen LogP contribution in [-0.2, 0) is 14.4 Å². The molecule has 2 aliphatic carbocycles. The van der Waals surface area contributed by atoms with E-state index in [2.05, 4.69) is 37.2 Å². The van der Waals surface area contributed by atoms with Gasteiger partial charge in [-0.3, -0.25) is 29.2 Å². The third-order valence-corrected chi connectivity index (χ3v) is 10.7. The second-order valence-electron chi connectivity index (χ2n) is 14.1. The van der Waals surface area contributed by atoms with E-state index in [0.717, 1.165) is 30.4 Å². The molecule has 0 aromatic carbocycles. The molecule has 3 aromatic heterocycles. The lowest BCUT2D eigenvalue weighted by molar-refractivity contribution is -0.138. The van der Waals surface area contributed by atoms with Gasteiger partial charge in [0, 0.05) is 58.2 Å². The van der Waals surface area contributed by atoms with Crippen molar-refractivity contribution in [3.8, 4) is 11.3 Å². The number of carbonyl (C=O) groups excluding carboxylic acids is 5. The molecule has 0 spiro atoms. The van der Waals surface area contributed by atoms with Crippen molar-refractivity contribution >= 4 is 41.0 Å². The number of piperidine rings is 1. The fourth-order valence-corrected chi connectivity index (χ4v) is 7.46. The minimum absolute atomic E-state index is 0.0308. The standard InChI is InChI=1S/C35H40FN11O5/c1-37-25-13-23(42-47-29(15-38-32(25)47)34(51)40-24-12-22(24)36)20-14-39-45(16-20)21-17-44(18-21)31(49)6-4-3-5-19-7-8-26-28(11-19)43(2)35(52)46(26)27-9-10-30(48)41-33(27)50/h7-8,11,13-16,21-22,24,26-28,37H,3-6,9-10,12,17-18H2,1-2H3,(H,40,51)(H,41,48,50)/t22-,24+,26?,27?,28?/m0/s1. The second-order valence-corrected chi connectivity index (χ2v) is 14.1. The smallest absolute Gasteiger partial charge is 0.321 e. The van der Waals surface area contributed by atoms with Crippen LogP contribution < -0.4 is 16.0 Å². The van der Waals surface area contributed by atoms with Gasteiger partial charge in [-0.1, -0.05) is 23.8 Å². The number of fused-ring (bicyclic) bond motifs is 2. The summed E-state index contributed by atoms with van der Waals surface area (Å²) in [7, 11) is 3.49. The predicted molar refractivity (Wildman–Crippen MR) is 185 cm³/mol. The average Bonchev–Trinajstić information content (AvgIpc) is 3.44. The highest BCUT2D eigenvalue weighted by molar-refractivity contribution is 6.02. The summed E-state index contributed by atoms with van der Waals surface area (Å²) in [6.07, 6.45) is 13.6. The molecule has 17 heteroatoms. The van der Waals surface area contributed by atoms with Crippen LogP contribution in [0.5, 0.6) is 0 Å². The molecule has 3 aliphatic heterocycles. The van der Waals surface area contributed by atoms with E-state index in [1.165, 1.54) is 10.7 Å². The van der Waals surface area contributed by atoms with Crippen LogP contribution in [0.4, 0.5) is 14.9 Å². The Balaban J connectivity index is 0.820. The third kappa shape index (κ3) is 6.06. The van der Waals surface area contributed by atoms with Crippen molar-refractivity contribution in [3.63, 3.8) is 0 Å². The largest absolute Gasteiger partial charge is 0.385 e. The van der Waals surface area contributed by atoms with E-state index in [9.17, 15) is 28.4 Å². The number of imidazole rings is 1. The summed E-state index contributed by atoms with van der Waals surface area (Å²) in [6, 6.07) is 0.0239. The Morgan fingerprint density at radius 2 is 1.92 bits per heavy atom. The second kappa shape index (κ2) is 13.2. The van der Waals surface area contributed by atoms with E-state index in [0.29, 0.717) is 49.4 Å². The van der Waals surface area contributed by atoms with Gasteiger partial charge in [0.25, 0.3) is 5.91 Å². The third-order valence-electron chi connectivity index (χ3n) is 10.7. The highest BCUT2D eigenvalue weighted by atomic mass is 19.1. The highest BCUT2D eigenvalue weighted by Gasteiger charge is 2.48. The van der Waals surface area contributed by atoms with E-state index in [1.54, 1.807) is 30.1 Å². The highest BCUT2D eigenvalue weighted by Crippen LogP contribution is 2.34. The molecule has 52 heavy (non-hydrogen) atoms. The fraction of sp³-hybridized carbons (Fsp3) is 0.486. The number of anilines is 1. The number of hydrogen-bond acceptors (Lipinski definition) is 9. The van der Waals surface area contributed by atoms with Gasteiger partial charge in [0.1, 0.15) is 12.2 Å². The van der Waals surface area contributed by atoms with Crippen LogP contribution in [0.3, 0.4) is 0 Å². The normalized spacial score (nSPS) is 25.6. The zero-order valence-corrected chi connectivity index (χ0v) is 28.9. The van der Waals surface area contributed by atoms with Gasteiger partial charge in [-0.15, -0.1) is 0 Å². The first-order chi connectivity index (χ1) is 25.1. The summed E-state index contributed by atoms with van der Waals surface area (Å²) >= 11 is 0. The molecular weight excluding hydrogens is 673 g/mol. The van der Waals surface area contributed by atoms with Crippen molar-refractivity contribution in [1.29, 1.82) is 0 Å². The first-order valence-corrected chi connectivity index (χ1v) is 17.7. The maximum Gasteiger partial charge on any atom is 0.321 e. The lowest BCUT2D eigenvalue weighted by atomic mass is 9.93. The number of unbranched alkanes of at least 4 members (excludes halogenated alkanes) is 1. The molecule has 3 unspecified atom stereocenters. The van der Waals surface area contributed by atoms with Crippen molar-refractivity contribution in [2.24, 2.45) is 0 Å². The molecule has 8 rings (SSSR count). The zero-order valence-electron chi connectivity index (χ0n) is 28.9. The Hall–Kier alpha value is -5.61. The summed E-state index contributed by atoms with van der Waals surface area (Å²) < 4.78 is 16.7. The molecule has 6 amide bonds. The van der Waals surface area contributed by atoms with Gasteiger partial charge in [-0.2, -0.15) is 10.2 Å². The number of likely N-dealkylation sites (N-methyl/N-ethyl adjacent to an activating group) is 1. The van der Waals surface area contributed by atoms with Gasteiger partial charge in [0.15, 0.2) is 11.3 Å². The quantitative estimate of drug-likeness (QED) is 0.198. The number of carbonyl (C=O) groups is 5. The van der Waals surface area contributed by atoms with Crippen LogP contribution in [0, 0.1) is 0 Å². The Morgan fingerprint density at radius 1 is 1.12 bits per heavy atom. The van der Waals surface area contributed by atoms with Gasteiger partial charge in [0.2, 0.25) is 17.7 Å². The zero-order chi connectivity index (χ0) is 36.3. The van der Waals surface area contributed by atoms with E-state index < -0.39 is 30.1 Å². The average molecular weight is 714 g/mol. The van der Waals surface area contributed by atoms with Crippen LogP contribution in [0.15, 0.2) is 48.5 Å². The maximum atomic E-state index is 13.4. The SMILES string of the molecule is CNc1cc(-c2cnn(C3CN(C(=O)CCCCC4=CC5C(C=C4)N(C4CCC(=O)NC4=O)C(=O)N5C)C3)c2)nn2c(C(=O)N[C@@H]3C[C@@H]3F)cnc12. The molecule has 272 valence electrons. The van der Waals surface area contributed by atoms with E-state index >= 15 is 0 Å². The molecule has 3 N–H and O–H groups in total. The Morgan fingerprint density at radius 3 is 2.67 bits per heavy atom. The molecule has 0 radical (unpaired) electrons. The topological polar surface area (TPSA) is 179 Å². The number of halogens is 1. The molecule has 6 heterocycles. The number of amides is 6. The Labute approximate surface area is 298 Å². The first-order valence-electron chi connectivity index (χ1n) is 17.7. The molecule has 5 atom stereocenters. The van der Waals surface area contributed by atoms with Gasteiger partial charge in [-0.25, -0.2) is 18.7 Å². The number of hydrogen-bond donors (Lipinski definition) is 3. The number of urea groups is 1. The Kier molecular flexibility index (Phi) is 8.50. The van der Waals surface area contributed by atoms with Gasteiger partial charge in [-0.05, 0) is 31.7 Å².